The number of unbranched alkanes of at least 4 members (excludes halogenated alkanes) is 1. The number of likely N-dealkylation sites (tertiary alicyclic amines) is 1. The summed E-state index contributed by atoms with van der Waals surface area (Å²) in [6, 6.07) is 0.710. The van der Waals surface area contributed by atoms with E-state index < -0.39 is 5.54 Å². The molecule has 0 spiro atoms. The standard InChI is InChI=1S/C17H35N3O/c1-5-11-19-17(4,16(18)21)10-6-7-12-20-13-14(2)8-9-15(20)3/h14-15,19H,5-13H2,1-4H3,(H2,18,21). The Hall–Kier alpha value is -0.610. The van der Waals surface area contributed by atoms with Crippen molar-refractivity contribution < 1.29 is 4.79 Å². The van der Waals surface area contributed by atoms with E-state index in [1.807, 2.05) is 6.92 Å². The number of amides is 1. The molecule has 0 aromatic heterocycles. The predicted molar refractivity (Wildman–Crippen MR) is 89.2 cm³/mol. The quantitative estimate of drug-likeness (QED) is 0.643. The third-order valence-electron chi connectivity index (χ3n) is 4.93. The lowest BCUT2D eigenvalue weighted by atomic mass is 9.92. The zero-order chi connectivity index (χ0) is 15.9. The smallest absolute Gasteiger partial charge is 0.237 e. The fourth-order valence-corrected chi connectivity index (χ4v) is 3.18. The van der Waals surface area contributed by atoms with Crippen molar-refractivity contribution in [1.29, 1.82) is 0 Å². The average molecular weight is 297 g/mol. The van der Waals surface area contributed by atoms with Gasteiger partial charge in [-0.15, -0.1) is 0 Å². The summed E-state index contributed by atoms with van der Waals surface area (Å²) in [6.45, 7) is 11.9. The van der Waals surface area contributed by atoms with Crippen LogP contribution >= 0.6 is 0 Å². The summed E-state index contributed by atoms with van der Waals surface area (Å²) in [7, 11) is 0. The highest BCUT2D eigenvalue weighted by atomic mass is 16.1. The first kappa shape index (κ1) is 18.4. The van der Waals surface area contributed by atoms with Crippen molar-refractivity contribution in [3.8, 4) is 0 Å². The topological polar surface area (TPSA) is 58.4 Å². The van der Waals surface area contributed by atoms with E-state index >= 15 is 0 Å². The number of nitrogens with zero attached hydrogens (tertiary/aromatic N) is 1. The SMILES string of the molecule is CCCNC(C)(CCCCN1CC(C)CCC1C)C(N)=O. The number of hydrogen-bond acceptors (Lipinski definition) is 3. The van der Waals surface area contributed by atoms with Crippen molar-refractivity contribution in [2.75, 3.05) is 19.6 Å². The molecule has 4 nitrogen and oxygen atoms in total. The lowest BCUT2D eigenvalue weighted by Gasteiger charge is -2.37. The second kappa shape index (κ2) is 8.74. The molecular formula is C17H35N3O. The molecule has 1 heterocycles. The molecule has 3 atom stereocenters. The number of primary amides is 1. The summed E-state index contributed by atoms with van der Waals surface area (Å²) in [5.74, 6) is 0.596. The Morgan fingerprint density at radius 1 is 1.33 bits per heavy atom. The second-order valence-corrected chi connectivity index (χ2v) is 7.11. The highest BCUT2D eigenvalue weighted by Crippen LogP contribution is 2.22. The van der Waals surface area contributed by atoms with Crippen LogP contribution in [0.2, 0.25) is 0 Å². The van der Waals surface area contributed by atoms with Gasteiger partial charge < -0.3 is 16.0 Å². The van der Waals surface area contributed by atoms with Gasteiger partial charge in [-0.3, -0.25) is 4.79 Å². The fraction of sp³-hybridized carbons (Fsp3) is 0.941. The van der Waals surface area contributed by atoms with Crippen molar-refractivity contribution in [2.45, 2.75) is 77.8 Å². The number of nitrogens with two attached hydrogens (primary N) is 1. The normalized spacial score (nSPS) is 26.5. The summed E-state index contributed by atoms with van der Waals surface area (Å²) < 4.78 is 0. The fourth-order valence-electron chi connectivity index (χ4n) is 3.18. The van der Waals surface area contributed by atoms with Gasteiger partial charge in [0.1, 0.15) is 0 Å². The minimum atomic E-state index is -0.545. The Kier molecular flexibility index (Phi) is 7.67. The van der Waals surface area contributed by atoms with E-state index in [0.717, 1.165) is 44.7 Å². The van der Waals surface area contributed by atoms with Crippen molar-refractivity contribution in [3.05, 3.63) is 0 Å². The Morgan fingerprint density at radius 3 is 2.67 bits per heavy atom. The van der Waals surface area contributed by atoms with Crippen LogP contribution in [0.1, 0.15) is 66.2 Å². The first-order chi connectivity index (χ1) is 9.89. The van der Waals surface area contributed by atoms with Gasteiger partial charge in [-0.25, -0.2) is 0 Å². The van der Waals surface area contributed by atoms with Gasteiger partial charge in [-0.2, -0.15) is 0 Å². The van der Waals surface area contributed by atoms with Crippen molar-refractivity contribution >= 4 is 5.91 Å². The van der Waals surface area contributed by atoms with E-state index in [1.165, 1.54) is 19.4 Å². The molecule has 0 radical (unpaired) electrons. The number of carbonyl (C=O) groups is 1. The Balaban J connectivity index is 2.32. The number of piperidine rings is 1. The van der Waals surface area contributed by atoms with Gasteiger partial charge in [0.15, 0.2) is 0 Å². The van der Waals surface area contributed by atoms with Gasteiger partial charge >= 0.3 is 0 Å². The van der Waals surface area contributed by atoms with Crippen LogP contribution in [0.3, 0.4) is 0 Å². The van der Waals surface area contributed by atoms with E-state index in [9.17, 15) is 4.79 Å². The molecule has 0 aromatic carbocycles. The number of nitrogens with one attached hydrogen (secondary N) is 1. The Morgan fingerprint density at radius 2 is 2.05 bits per heavy atom. The van der Waals surface area contributed by atoms with Crippen LogP contribution in [-0.4, -0.2) is 42.0 Å². The summed E-state index contributed by atoms with van der Waals surface area (Å²) >= 11 is 0. The monoisotopic (exact) mass is 297 g/mol. The molecule has 0 bridgehead atoms. The third-order valence-corrected chi connectivity index (χ3v) is 4.93. The van der Waals surface area contributed by atoms with Gasteiger partial charge in [-0.1, -0.05) is 13.8 Å². The van der Waals surface area contributed by atoms with Crippen LogP contribution in [0.4, 0.5) is 0 Å². The molecule has 1 saturated heterocycles. The third kappa shape index (κ3) is 5.95. The zero-order valence-corrected chi connectivity index (χ0v) is 14.5. The molecule has 0 aromatic rings. The van der Waals surface area contributed by atoms with Crippen LogP contribution < -0.4 is 11.1 Å². The van der Waals surface area contributed by atoms with Crippen LogP contribution in [0, 0.1) is 5.92 Å². The molecule has 1 fully saturated rings. The largest absolute Gasteiger partial charge is 0.368 e. The first-order valence-corrected chi connectivity index (χ1v) is 8.68. The van der Waals surface area contributed by atoms with E-state index in [0.29, 0.717) is 6.04 Å². The summed E-state index contributed by atoms with van der Waals surface area (Å²) in [4.78, 5) is 14.3. The first-order valence-electron chi connectivity index (χ1n) is 8.68. The minimum absolute atomic E-state index is 0.226. The van der Waals surface area contributed by atoms with E-state index in [-0.39, 0.29) is 5.91 Å². The highest BCUT2D eigenvalue weighted by Gasteiger charge is 2.29. The van der Waals surface area contributed by atoms with Crippen LogP contribution in [-0.2, 0) is 4.79 Å². The molecule has 1 aliphatic rings. The lowest BCUT2D eigenvalue weighted by Crippen LogP contribution is -2.53. The summed E-state index contributed by atoms with van der Waals surface area (Å²) in [5.41, 5.74) is 5.02. The Bertz CT molecular complexity index is 321. The van der Waals surface area contributed by atoms with Gasteiger partial charge in [0.25, 0.3) is 0 Å². The highest BCUT2D eigenvalue weighted by molar-refractivity contribution is 5.84. The van der Waals surface area contributed by atoms with Crippen LogP contribution in [0.5, 0.6) is 0 Å². The maximum atomic E-state index is 11.7. The molecular weight excluding hydrogens is 262 g/mol. The molecule has 1 rings (SSSR count). The summed E-state index contributed by atoms with van der Waals surface area (Å²) in [6.07, 6.45) is 6.73. The molecule has 1 amide bonds. The van der Waals surface area contributed by atoms with Crippen LogP contribution in [0.15, 0.2) is 0 Å². The van der Waals surface area contributed by atoms with Crippen LogP contribution in [0.25, 0.3) is 0 Å². The van der Waals surface area contributed by atoms with Gasteiger partial charge in [0.2, 0.25) is 5.91 Å². The second-order valence-electron chi connectivity index (χ2n) is 7.11. The maximum absolute atomic E-state index is 11.7. The molecule has 124 valence electrons. The Labute approximate surface area is 130 Å². The molecule has 21 heavy (non-hydrogen) atoms. The van der Waals surface area contributed by atoms with Gasteiger partial charge in [0, 0.05) is 12.6 Å². The minimum Gasteiger partial charge on any atom is -0.368 e. The molecule has 3 N–H and O–H groups in total. The number of carbonyl (C=O) groups excluding carboxylic acids is 1. The predicted octanol–water partition coefficient (Wildman–Crippen LogP) is 2.52. The molecule has 3 unspecified atom stereocenters. The zero-order valence-electron chi connectivity index (χ0n) is 14.5. The van der Waals surface area contributed by atoms with Gasteiger partial charge in [-0.05, 0) is 71.4 Å². The summed E-state index contributed by atoms with van der Waals surface area (Å²) in [5, 5.41) is 3.31. The lowest BCUT2D eigenvalue weighted by molar-refractivity contribution is -0.124. The van der Waals surface area contributed by atoms with E-state index in [2.05, 4.69) is 31.0 Å². The molecule has 0 saturated carbocycles. The van der Waals surface area contributed by atoms with E-state index in [4.69, 9.17) is 5.73 Å². The van der Waals surface area contributed by atoms with Crippen molar-refractivity contribution in [1.82, 2.24) is 10.2 Å². The van der Waals surface area contributed by atoms with Crippen molar-refractivity contribution in [3.63, 3.8) is 0 Å². The van der Waals surface area contributed by atoms with Gasteiger partial charge in [0.05, 0.1) is 5.54 Å². The molecule has 4 heteroatoms. The number of hydrogen-bond donors (Lipinski definition) is 2. The molecule has 0 aliphatic carbocycles. The average Bonchev–Trinajstić information content (AvgIpc) is 2.44. The van der Waals surface area contributed by atoms with Crippen molar-refractivity contribution in [2.24, 2.45) is 11.7 Å². The molecule has 1 aliphatic heterocycles. The number of rotatable bonds is 9. The van der Waals surface area contributed by atoms with E-state index in [1.54, 1.807) is 0 Å². The maximum Gasteiger partial charge on any atom is 0.237 e.